The molecule has 2 atom stereocenters. The van der Waals surface area contributed by atoms with E-state index in [1.807, 2.05) is 49.4 Å². The molecule has 1 aliphatic carbocycles. The molecule has 0 spiro atoms. The molecule has 2 heterocycles. The van der Waals surface area contributed by atoms with Crippen LogP contribution in [0.25, 0.3) is 0 Å². The molecule has 7 heteroatoms. The van der Waals surface area contributed by atoms with Gasteiger partial charge in [0.15, 0.2) is 5.78 Å². The van der Waals surface area contributed by atoms with Crippen LogP contribution >= 0.6 is 11.3 Å². The highest BCUT2D eigenvalue weighted by Crippen LogP contribution is 2.48. The van der Waals surface area contributed by atoms with Gasteiger partial charge in [0, 0.05) is 44.8 Å². The standard InChI is InChI=1S/C31H30F2N2O2S/c1-17-27(30(37)35-22-11-10-20(32)16-21(22)33)29(25-12-13-26(38-25)31(2,3)4)28-23(34-17)14-19(15-24(28)36)18-8-6-5-7-9-18/h5-13,16,19,29,34H,14-15H2,1-4H3,(H,35,37). The normalized spacial score (nSPS) is 19.8. The number of allylic oxidation sites excluding steroid dienone is 3. The summed E-state index contributed by atoms with van der Waals surface area (Å²) in [7, 11) is 0. The van der Waals surface area contributed by atoms with Gasteiger partial charge in [0.05, 0.1) is 11.6 Å². The van der Waals surface area contributed by atoms with E-state index in [0.29, 0.717) is 29.7 Å². The number of ketones is 1. The number of nitrogens with one attached hydrogen (secondary N) is 2. The van der Waals surface area contributed by atoms with Gasteiger partial charge < -0.3 is 10.6 Å². The van der Waals surface area contributed by atoms with E-state index in [2.05, 4.69) is 31.4 Å². The van der Waals surface area contributed by atoms with Crippen LogP contribution in [0.3, 0.4) is 0 Å². The Balaban J connectivity index is 1.58. The average molecular weight is 533 g/mol. The first kappa shape index (κ1) is 26.0. The second-order valence-corrected chi connectivity index (χ2v) is 12.1. The molecule has 5 rings (SSSR count). The molecule has 0 bridgehead atoms. The van der Waals surface area contributed by atoms with Gasteiger partial charge in [-0.1, -0.05) is 51.1 Å². The van der Waals surface area contributed by atoms with Crippen molar-refractivity contribution in [1.29, 1.82) is 0 Å². The Morgan fingerprint density at radius 2 is 1.76 bits per heavy atom. The minimum absolute atomic E-state index is 0.00549. The van der Waals surface area contributed by atoms with Crippen LogP contribution < -0.4 is 10.6 Å². The Kier molecular flexibility index (Phi) is 6.82. The fourth-order valence-electron chi connectivity index (χ4n) is 5.28. The first-order valence-corrected chi connectivity index (χ1v) is 13.5. The maximum Gasteiger partial charge on any atom is 0.254 e. The molecule has 2 N–H and O–H groups in total. The number of Topliss-reactive ketones (excluding diaryl/α,β-unsaturated/α-hetero) is 1. The van der Waals surface area contributed by atoms with Gasteiger partial charge >= 0.3 is 0 Å². The van der Waals surface area contributed by atoms with Crippen molar-refractivity contribution < 1.29 is 18.4 Å². The molecule has 1 amide bonds. The highest BCUT2D eigenvalue weighted by molar-refractivity contribution is 7.12. The molecule has 2 aliphatic rings. The number of amides is 1. The molecular weight excluding hydrogens is 502 g/mol. The summed E-state index contributed by atoms with van der Waals surface area (Å²) in [5, 5.41) is 5.97. The molecule has 3 aromatic rings. The van der Waals surface area contributed by atoms with Crippen molar-refractivity contribution in [2.24, 2.45) is 0 Å². The van der Waals surface area contributed by atoms with Crippen molar-refractivity contribution in [1.82, 2.24) is 5.32 Å². The summed E-state index contributed by atoms with van der Waals surface area (Å²) in [6.45, 7) is 8.18. The summed E-state index contributed by atoms with van der Waals surface area (Å²) in [4.78, 5) is 29.5. The van der Waals surface area contributed by atoms with Crippen molar-refractivity contribution in [3.05, 3.63) is 110 Å². The lowest BCUT2D eigenvalue weighted by Crippen LogP contribution is -2.36. The molecule has 0 radical (unpaired) electrons. The highest BCUT2D eigenvalue weighted by Gasteiger charge is 2.42. The minimum Gasteiger partial charge on any atom is -0.362 e. The SMILES string of the molecule is CC1=C(C(=O)Nc2ccc(F)cc2F)C(c2ccc(C(C)(C)C)s2)C2=C(CC(c3ccccc3)CC2=O)N1. The van der Waals surface area contributed by atoms with Crippen LogP contribution in [0.2, 0.25) is 0 Å². The van der Waals surface area contributed by atoms with E-state index < -0.39 is 23.5 Å². The van der Waals surface area contributed by atoms with Gasteiger partial charge in [-0.2, -0.15) is 0 Å². The number of dihydropyridines is 1. The summed E-state index contributed by atoms with van der Waals surface area (Å²) < 4.78 is 27.9. The Morgan fingerprint density at radius 1 is 1.03 bits per heavy atom. The van der Waals surface area contributed by atoms with Gasteiger partial charge in [0.1, 0.15) is 11.6 Å². The van der Waals surface area contributed by atoms with Gasteiger partial charge in [-0.3, -0.25) is 9.59 Å². The highest BCUT2D eigenvalue weighted by atomic mass is 32.1. The molecule has 2 aromatic carbocycles. The average Bonchev–Trinajstić information content (AvgIpc) is 3.36. The van der Waals surface area contributed by atoms with E-state index in [4.69, 9.17) is 0 Å². The molecule has 0 saturated carbocycles. The van der Waals surface area contributed by atoms with Crippen molar-refractivity contribution in [2.75, 3.05) is 5.32 Å². The number of hydrogen-bond donors (Lipinski definition) is 2. The summed E-state index contributed by atoms with van der Waals surface area (Å²) in [5.74, 6) is -2.66. The molecule has 2 unspecified atom stereocenters. The Bertz CT molecular complexity index is 1480. The topological polar surface area (TPSA) is 58.2 Å². The summed E-state index contributed by atoms with van der Waals surface area (Å²) in [6, 6.07) is 17.1. The van der Waals surface area contributed by atoms with Gasteiger partial charge in [0.2, 0.25) is 0 Å². The predicted molar refractivity (Wildman–Crippen MR) is 147 cm³/mol. The van der Waals surface area contributed by atoms with Crippen LogP contribution in [0.15, 0.2) is 83.2 Å². The van der Waals surface area contributed by atoms with E-state index in [9.17, 15) is 18.4 Å². The second kappa shape index (κ2) is 9.95. The Hall–Kier alpha value is -3.58. The number of anilines is 1. The van der Waals surface area contributed by atoms with Crippen molar-refractivity contribution in [2.45, 2.75) is 57.8 Å². The molecular formula is C31H30F2N2O2S. The lowest BCUT2D eigenvalue weighted by Gasteiger charge is -2.36. The summed E-state index contributed by atoms with van der Waals surface area (Å²) in [6.07, 6.45) is 0.997. The maximum absolute atomic E-state index is 14.4. The zero-order valence-corrected chi connectivity index (χ0v) is 22.6. The smallest absolute Gasteiger partial charge is 0.254 e. The molecule has 1 aliphatic heterocycles. The number of halogens is 2. The van der Waals surface area contributed by atoms with Crippen LogP contribution in [0.1, 0.15) is 67.7 Å². The first-order valence-electron chi connectivity index (χ1n) is 12.7. The summed E-state index contributed by atoms with van der Waals surface area (Å²) in [5.41, 5.74) is 3.29. The fourth-order valence-corrected chi connectivity index (χ4v) is 6.46. The third kappa shape index (κ3) is 4.95. The molecule has 1 aromatic heterocycles. The van der Waals surface area contributed by atoms with E-state index in [-0.39, 0.29) is 22.8 Å². The molecule has 0 fully saturated rings. The largest absolute Gasteiger partial charge is 0.362 e. The molecule has 0 saturated heterocycles. The fraction of sp³-hybridized carbons (Fsp3) is 0.290. The quantitative estimate of drug-likeness (QED) is 0.370. The van der Waals surface area contributed by atoms with Gasteiger partial charge in [-0.05, 0) is 54.5 Å². The molecule has 4 nitrogen and oxygen atoms in total. The van der Waals surface area contributed by atoms with Crippen molar-refractivity contribution in [3.8, 4) is 0 Å². The van der Waals surface area contributed by atoms with Crippen LogP contribution in [0.4, 0.5) is 14.5 Å². The predicted octanol–water partition coefficient (Wildman–Crippen LogP) is 7.32. The van der Waals surface area contributed by atoms with Crippen molar-refractivity contribution >= 4 is 28.7 Å². The Labute approximate surface area is 225 Å². The number of carbonyl (C=O) groups is 2. The second-order valence-electron chi connectivity index (χ2n) is 11.0. The third-order valence-electron chi connectivity index (χ3n) is 7.17. The van der Waals surface area contributed by atoms with Gasteiger partial charge in [-0.25, -0.2) is 8.78 Å². The van der Waals surface area contributed by atoms with Crippen LogP contribution in [0.5, 0.6) is 0 Å². The lowest BCUT2D eigenvalue weighted by molar-refractivity contribution is -0.116. The zero-order valence-electron chi connectivity index (χ0n) is 21.8. The maximum atomic E-state index is 14.4. The van der Waals surface area contributed by atoms with Gasteiger partial charge in [0.25, 0.3) is 5.91 Å². The number of carbonyl (C=O) groups excluding carboxylic acids is 2. The van der Waals surface area contributed by atoms with E-state index >= 15 is 0 Å². The van der Waals surface area contributed by atoms with E-state index in [1.165, 1.54) is 6.07 Å². The van der Waals surface area contributed by atoms with Crippen LogP contribution in [0, 0.1) is 11.6 Å². The van der Waals surface area contributed by atoms with E-state index in [1.54, 1.807) is 11.3 Å². The number of benzene rings is 2. The molecule has 38 heavy (non-hydrogen) atoms. The zero-order chi connectivity index (χ0) is 27.2. The summed E-state index contributed by atoms with van der Waals surface area (Å²) >= 11 is 1.58. The van der Waals surface area contributed by atoms with Gasteiger partial charge in [-0.15, -0.1) is 11.3 Å². The lowest BCUT2D eigenvalue weighted by atomic mass is 9.73. The van der Waals surface area contributed by atoms with Crippen LogP contribution in [-0.2, 0) is 15.0 Å². The minimum atomic E-state index is -0.859. The molecule has 196 valence electrons. The monoisotopic (exact) mass is 532 g/mol. The van der Waals surface area contributed by atoms with Crippen LogP contribution in [-0.4, -0.2) is 11.7 Å². The number of rotatable bonds is 4. The van der Waals surface area contributed by atoms with Crippen molar-refractivity contribution in [3.63, 3.8) is 0 Å². The Morgan fingerprint density at radius 3 is 2.42 bits per heavy atom. The first-order chi connectivity index (χ1) is 18.0. The number of thiophene rings is 1. The number of hydrogen-bond acceptors (Lipinski definition) is 4. The third-order valence-corrected chi connectivity index (χ3v) is 8.75. The van der Waals surface area contributed by atoms with E-state index in [0.717, 1.165) is 33.1 Å².